The van der Waals surface area contributed by atoms with Crippen LogP contribution in [0.3, 0.4) is 0 Å². The first-order valence-corrected chi connectivity index (χ1v) is 20.3. The van der Waals surface area contributed by atoms with Crippen LogP contribution in [0.2, 0.25) is 0 Å². The lowest BCUT2D eigenvalue weighted by atomic mass is 9.93. The maximum absolute atomic E-state index is 5.19. The molecule has 3 heterocycles. The summed E-state index contributed by atoms with van der Waals surface area (Å²) in [6.45, 7) is 0. The van der Waals surface area contributed by atoms with E-state index < -0.39 is 0 Å². The SMILES string of the molecule is c1ccc(-c2ccc(-c3nc(-c4ccccc4)nc(-c4cccc5c4sc4cccc(-c6ccc(-c7ccccc7)c7c6sc6ccccc67)c45)n3)cc2)cc1. The number of nitrogens with zero attached hydrogens (tertiary/aromatic N) is 3. The third-order valence-electron chi connectivity index (χ3n) is 10.6. The molecule has 3 nitrogen and oxygen atoms in total. The summed E-state index contributed by atoms with van der Waals surface area (Å²) in [5.41, 5.74) is 10.2. The van der Waals surface area contributed by atoms with Crippen molar-refractivity contribution >= 4 is 63.0 Å². The molecule has 11 rings (SSSR count). The number of rotatable bonds is 6. The van der Waals surface area contributed by atoms with E-state index in [1.807, 2.05) is 46.9 Å². The molecule has 0 aliphatic rings. The van der Waals surface area contributed by atoms with Crippen LogP contribution in [0.1, 0.15) is 0 Å². The summed E-state index contributed by atoms with van der Waals surface area (Å²) in [7, 11) is 0. The van der Waals surface area contributed by atoms with Gasteiger partial charge in [0.2, 0.25) is 0 Å². The molecule has 0 bridgehead atoms. The fourth-order valence-corrected chi connectivity index (χ4v) is 10.4. The van der Waals surface area contributed by atoms with Crippen LogP contribution in [0.15, 0.2) is 188 Å². The van der Waals surface area contributed by atoms with E-state index >= 15 is 0 Å². The molecule has 0 fully saturated rings. The van der Waals surface area contributed by atoms with Crippen molar-refractivity contribution in [3.63, 3.8) is 0 Å². The third kappa shape index (κ3) is 5.51. The minimum Gasteiger partial charge on any atom is -0.208 e. The Hall–Kier alpha value is -6.79. The Labute approximate surface area is 331 Å². The summed E-state index contributed by atoms with van der Waals surface area (Å²) < 4.78 is 5.01. The Morgan fingerprint density at radius 2 is 0.768 bits per heavy atom. The molecule has 0 saturated carbocycles. The molecule has 11 aromatic rings. The number of aromatic nitrogens is 3. The predicted molar refractivity (Wildman–Crippen MR) is 238 cm³/mol. The Balaban J connectivity index is 1.10. The van der Waals surface area contributed by atoms with Crippen molar-refractivity contribution in [1.29, 1.82) is 0 Å². The molecule has 0 radical (unpaired) electrons. The number of hydrogen-bond acceptors (Lipinski definition) is 5. The standard InChI is InChI=1S/C51H31N3S2/c1-4-14-32(15-5-1)33-26-28-36(29-27-33)50-52-49(35-18-8-3-9-19-35)53-51(54-50)42-23-12-22-41-45-38(21-13-25-44(45)56-47(41)42)39-31-30-37(34-16-6-2-7-17-34)46-40-20-10-11-24-43(40)55-48(39)46/h1-31H. The molecule has 5 heteroatoms. The molecule has 0 unspecified atom stereocenters. The first-order chi connectivity index (χ1) is 27.8. The number of hydrogen-bond donors (Lipinski definition) is 0. The average molecular weight is 750 g/mol. The van der Waals surface area contributed by atoms with Gasteiger partial charge in [0.1, 0.15) is 0 Å². The molecule has 262 valence electrons. The van der Waals surface area contributed by atoms with E-state index in [4.69, 9.17) is 15.0 Å². The number of thiophene rings is 2. The Morgan fingerprint density at radius 3 is 1.52 bits per heavy atom. The molecule has 8 aromatic carbocycles. The number of benzene rings is 8. The van der Waals surface area contributed by atoms with Crippen LogP contribution in [0, 0.1) is 0 Å². The van der Waals surface area contributed by atoms with Crippen LogP contribution in [0.5, 0.6) is 0 Å². The summed E-state index contributed by atoms with van der Waals surface area (Å²) in [5, 5.41) is 5.08. The van der Waals surface area contributed by atoms with Gasteiger partial charge in [-0.25, -0.2) is 15.0 Å². The van der Waals surface area contributed by atoms with Gasteiger partial charge in [0.25, 0.3) is 0 Å². The lowest BCUT2D eigenvalue weighted by Gasteiger charge is -2.11. The van der Waals surface area contributed by atoms with Gasteiger partial charge >= 0.3 is 0 Å². The van der Waals surface area contributed by atoms with Crippen molar-refractivity contribution in [2.24, 2.45) is 0 Å². The Kier molecular flexibility index (Phi) is 7.87. The van der Waals surface area contributed by atoms with Gasteiger partial charge in [-0.3, -0.25) is 0 Å². The summed E-state index contributed by atoms with van der Waals surface area (Å²) >= 11 is 3.69. The molecule has 3 aromatic heterocycles. The maximum atomic E-state index is 5.19. The van der Waals surface area contributed by atoms with E-state index in [1.54, 1.807) is 0 Å². The zero-order valence-electron chi connectivity index (χ0n) is 30.1. The quantitative estimate of drug-likeness (QED) is 0.170. The van der Waals surface area contributed by atoms with Crippen molar-refractivity contribution < 1.29 is 0 Å². The molecule has 0 saturated heterocycles. The van der Waals surface area contributed by atoms with Crippen molar-refractivity contribution in [3.8, 4) is 67.5 Å². The highest BCUT2D eigenvalue weighted by Gasteiger charge is 2.21. The Morgan fingerprint density at radius 1 is 0.268 bits per heavy atom. The van der Waals surface area contributed by atoms with Crippen LogP contribution in [0.4, 0.5) is 0 Å². The second-order valence-electron chi connectivity index (χ2n) is 13.9. The molecule has 56 heavy (non-hydrogen) atoms. The molecule has 0 atom stereocenters. The smallest absolute Gasteiger partial charge is 0.165 e. The molecule has 0 spiro atoms. The molecular weight excluding hydrogens is 719 g/mol. The highest BCUT2D eigenvalue weighted by molar-refractivity contribution is 7.27. The lowest BCUT2D eigenvalue weighted by molar-refractivity contribution is 1.08. The van der Waals surface area contributed by atoms with Crippen molar-refractivity contribution in [2.75, 3.05) is 0 Å². The highest BCUT2D eigenvalue weighted by atomic mass is 32.1. The molecule has 0 N–H and O–H groups in total. The van der Waals surface area contributed by atoms with Crippen LogP contribution in [-0.2, 0) is 0 Å². The molecule has 0 amide bonds. The normalized spacial score (nSPS) is 11.6. The van der Waals surface area contributed by atoms with E-state index in [2.05, 4.69) is 164 Å². The van der Waals surface area contributed by atoms with Crippen molar-refractivity contribution in [2.45, 2.75) is 0 Å². The van der Waals surface area contributed by atoms with E-state index in [1.165, 1.54) is 68.2 Å². The maximum Gasteiger partial charge on any atom is 0.165 e. The zero-order valence-corrected chi connectivity index (χ0v) is 31.7. The molecule has 0 aliphatic carbocycles. The second-order valence-corrected chi connectivity index (χ2v) is 16.0. The molecule has 0 aliphatic heterocycles. The fraction of sp³-hybridized carbons (Fsp3) is 0. The largest absolute Gasteiger partial charge is 0.208 e. The van der Waals surface area contributed by atoms with E-state index in [0.29, 0.717) is 17.5 Å². The first-order valence-electron chi connectivity index (χ1n) is 18.7. The lowest BCUT2D eigenvalue weighted by Crippen LogP contribution is -2.00. The van der Waals surface area contributed by atoms with Gasteiger partial charge in [0.05, 0.1) is 0 Å². The van der Waals surface area contributed by atoms with Crippen LogP contribution in [0.25, 0.3) is 108 Å². The fourth-order valence-electron chi connectivity index (χ4n) is 7.93. The summed E-state index contributed by atoms with van der Waals surface area (Å²) in [4.78, 5) is 15.4. The first kappa shape index (κ1) is 32.6. The second kappa shape index (κ2) is 13.5. The van der Waals surface area contributed by atoms with Gasteiger partial charge in [-0.15, -0.1) is 22.7 Å². The predicted octanol–water partition coefficient (Wildman–Crippen LogP) is 14.6. The van der Waals surface area contributed by atoms with Gasteiger partial charge in [-0.1, -0.05) is 170 Å². The van der Waals surface area contributed by atoms with Gasteiger partial charge in [-0.2, -0.15) is 0 Å². The Bertz CT molecular complexity index is 3220. The topological polar surface area (TPSA) is 38.7 Å². The van der Waals surface area contributed by atoms with E-state index in [9.17, 15) is 0 Å². The van der Waals surface area contributed by atoms with Gasteiger partial charge in [-0.05, 0) is 46.0 Å². The van der Waals surface area contributed by atoms with E-state index in [0.717, 1.165) is 22.3 Å². The zero-order chi connectivity index (χ0) is 37.0. The van der Waals surface area contributed by atoms with Crippen LogP contribution < -0.4 is 0 Å². The number of fused-ring (bicyclic) bond motifs is 6. The summed E-state index contributed by atoms with van der Waals surface area (Å²) in [6, 6.07) is 66.6. The minimum atomic E-state index is 0.651. The summed E-state index contributed by atoms with van der Waals surface area (Å²) in [5.74, 6) is 1.97. The van der Waals surface area contributed by atoms with Gasteiger partial charge in [0.15, 0.2) is 17.5 Å². The highest BCUT2D eigenvalue weighted by Crippen LogP contribution is 2.49. The van der Waals surface area contributed by atoms with Crippen LogP contribution in [-0.4, -0.2) is 15.0 Å². The van der Waals surface area contributed by atoms with Gasteiger partial charge in [0, 0.05) is 62.6 Å². The van der Waals surface area contributed by atoms with Crippen LogP contribution >= 0.6 is 22.7 Å². The van der Waals surface area contributed by atoms with Gasteiger partial charge < -0.3 is 0 Å². The van der Waals surface area contributed by atoms with E-state index in [-0.39, 0.29) is 0 Å². The van der Waals surface area contributed by atoms with Crippen molar-refractivity contribution in [1.82, 2.24) is 15.0 Å². The third-order valence-corrected chi connectivity index (χ3v) is 13.0. The molecular formula is C51H31N3S2. The minimum absolute atomic E-state index is 0.651. The van der Waals surface area contributed by atoms with Crippen molar-refractivity contribution in [3.05, 3.63) is 188 Å². The summed E-state index contributed by atoms with van der Waals surface area (Å²) in [6.07, 6.45) is 0. The average Bonchev–Trinajstić information content (AvgIpc) is 3.86. The monoisotopic (exact) mass is 749 g/mol.